The maximum Gasteiger partial charge on any atom is 0.0880 e. The average molecular weight is 1050 g/mol. The Morgan fingerprint density at radius 3 is 1.12 bits per heavy atom. The molecule has 0 spiro atoms. The molecule has 0 amide bonds. The normalized spacial score (nSPS) is 11.8. The fourth-order valence-electron chi connectivity index (χ4n) is 10.5. The third-order valence-corrected chi connectivity index (χ3v) is 20.9. The van der Waals surface area contributed by atoms with Gasteiger partial charge in [-0.25, -0.2) is 0 Å². The second-order valence-corrected chi connectivity index (χ2v) is 24.1. The van der Waals surface area contributed by atoms with E-state index in [2.05, 4.69) is 216 Å². The fourth-order valence-corrected chi connectivity index (χ4v) is 17.3. The van der Waals surface area contributed by atoms with E-state index in [1.165, 1.54) is 126 Å². The van der Waals surface area contributed by atoms with Crippen LogP contribution in [0, 0.1) is 0 Å². The number of fused-ring (bicyclic) bond motifs is 10. The van der Waals surface area contributed by atoms with Gasteiger partial charge in [0.2, 0.25) is 0 Å². The molecule has 16 rings (SSSR count). The molecule has 0 aliphatic rings. The van der Waals surface area contributed by atoms with Crippen molar-refractivity contribution in [3.05, 3.63) is 228 Å². The molecule has 0 radical (unpaired) electrons. The number of thiophene rings is 6. The quantitative estimate of drug-likeness (QED) is 0.166. The predicted molar refractivity (Wildman–Crippen MR) is 328 cm³/mol. The molecular formula is C66H38N2S6. The number of benzene rings is 8. The zero-order chi connectivity index (χ0) is 48.7. The van der Waals surface area contributed by atoms with E-state index in [0.29, 0.717) is 0 Å². The van der Waals surface area contributed by atoms with Gasteiger partial charge in [0.05, 0.1) is 39.9 Å². The van der Waals surface area contributed by atoms with Crippen LogP contribution in [-0.2, 0) is 0 Å². The molecule has 2 nitrogen and oxygen atoms in total. The molecule has 0 aliphatic carbocycles. The van der Waals surface area contributed by atoms with Gasteiger partial charge >= 0.3 is 0 Å². The molecule has 0 bridgehead atoms. The van der Waals surface area contributed by atoms with Crippen LogP contribution < -0.4 is 0 Å². The predicted octanol–water partition coefficient (Wildman–Crippen LogP) is 21.8. The summed E-state index contributed by atoms with van der Waals surface area (Å²) in [6.45, 7) is 0. The molecule has 0 saturated carbocycles. The lowest BCUT2D eigenvalue weighted by Crippen LogP contribution is -1.86. The van der Waals surface area contributed by atoms with Crippen LogP contribution in [0.5, 0.6) is 0 Å². The Hall–Kier alpha value is -7.66. The first-order valence-corrected chi connectivity index (χ1v) is 29.5. The van der Waals surface area contributed by atoms with Crippen molar-refractivity contribution in [1.82, 2.24) is 9.97 Å². The van der Waals surface area contributed by atoms with Gasteiger partial charge in [0.25, 0.3) is 0 Å². The SMILES string of the molecule is c1cc(-c2sc(-c3scc4ccccc34)c3ccccc23)cc(-c2sc(-c3scc4ccccc34)c3ccccc23)c1.c1cc2ccc3cc(-c4ccc(-c5cnc6c(ccc7ccsc76)c5)cc4)cnc3c2s1. The van der Waals surface area contributed by atoms with E-state index in [4.69, 9.17) is 9.97 Å². The van der Waals surface area contributed by atoms with E-state index in [1.54, 1.807) is 22.7 Å². The Kier molecular flexibility index (Phi) is 10.7. The first kappa shape index (κ1) is 43.9. The van der Waals surface area contributed by atoms with Crippen LogP contribution in [0.3, 0.4) is 0 Å². The minimum absolute atomic E-state index is 1.08. The van der Waals surface area contributed by atoms with Gasteiger partial charge < -0.3 is 0 Å². The van der Waals surface area contributed by atoms with Gasteiger partial charge in [-0.15, -0.1) is 68.0 Å². The lowest BCUT2D eigenvalue weighted by atomic mass is 10.00. The second-order valence-electron chi connectivity index (χ2n) is 18.5. The fraction of sp³-hybridized carbons (Fsp3) is 0. The summed E-state index contributed by atoms with van der Waals surface area (Å²) in [5.74, 6) is 0. The van der Waals surface area contributed by atoms with Gasteiger partial charge in [-0.2, -0.15) is 0 Å². The van der Waals surface area contributed by atoms with E-state index >= 15 is 0 Å². The van der Waals surface area contributed by atoms with Crippen molar-refractivity contribution in [2.24, 2.45) is 0 Å². The van der Waals surface area contributed by atoms with Gasteiger partial charge in [-0.3, -0.25) is 9.97 Å². The Morgan fingerprint density at radius 2 is 0.662 bits per heavy atom. The van der Waals surface area contributed by atoms with Crippen molar-refractivity contribution < 1.29 is 0 Å². The summed E-state index contributed by atoms with van der Waals surface area (Å²) in [6, 6.07) is 70.7. The average Bonchev–Trinajstić information content (AvgIpc) is 4.35. The van der Waals surface area contributed by atoms with Crippen molar-refractivity contribution in [2.45, 2.75) is 0 Å². The summed E-state index contributed by atoms with van der Waals surface area (Å²) in [6.07, 6.45) is 3.97. The highest BCUT2D eigenvalue weighted by molar-refractivity contribution is 7.26. The van der Waals surface area contributed by atoms with Crippen LogP contribution in [0.2, 0.25) is 0 Å². The highest BCUT2D eigenvalue weighted by Crippen LogP contribution is 2.51. The summed E-state index contributed by atoms with van der Waals surface area (Å²) in [7, 11) is 0. The molecule has 74 heavy (non-hydrogen) atoms. The van der Waals surface area contributed by atoms with Crippen molar-refractivity contribution in [1.29, 1.82) is 0 Å². The zero-order valence-corrected chi connectivity index (χ0v) is 44.2. The summed E-state index contributed by atoms with van der Waals surface area (Å²) in [4.78, 5) is 17.7. The molecule has 0 saturated heterocycles. The molecule has 8 heteroatoms. The molecule has 0 unspecified atom stereocenters. The smallest absolute Gasteiger partial charge is 0.0880 e. The van der Waals surface area contributed by atoms with Crippen molar-refractivity contribution in [3.63, 3.8) is 0 Å². The van der Waals surface area contributed by atoms with E-state index in [9.17, 15) is 0 Å². The molecule has 8 heterocycles. The Bertz CT molecular complexity index is 4510. The molecule has 0 aliphatic heterocycles. The Morgan fingerprint density at radius 1 is 0.257 bits per heavy atom. The molecular weight excluding hydrogens is 1010 g/mol. The summed E-state index contributed by atoms with van der Waals surface area (Å²) < 4.78 is 2.51. The summed E-state index contributed by atoms with van der Waals surface area (Å²) >= 11 is 11.1. The number of pyridine rings is 2. The highest BCUT2D eigenvalue weighted by atomic mass is 32.1. The summed E-state index contributed by atoms with van der Waals surface area (Å²) in [5.41, 5.74) is 9.34. The van der Waals surface area contributed by atoms with Crippen molar-refractivity contribution >= 4 is 153 Å². The van der Waals surface area contributed by atoms with Gasteiger partial charge in [0, 0.05) is 76.4 Å². The lowest BCUT2D eigenvalue weighted by Gasteiger charge is -2.07. The van der Waals surface area contributed by atoms with E-state index in [1.807, 2.05) is 57.7 Å². The molecule has 0 fully saturated rings. The van der Waals surface area contributed by atoms with Crippen molar-refractivity contribution in [3.8, 4) is 62.6 Å². The molecule has 348 valence electrons. The van der Waals surface area contributed by atoms with Gasteiger partial charge in [-0.05, 0) is 95.7 Å². The van der Waals surface area contributed by atoms with Gasteiger partial charge in [0.15, 0.2) is 0 Å². The molecule has 0 N–H and O–H groups in total. The number of rotatable bonds is 6. The van der Waals surface area contributed by atoms with Crippen molar-refractivity contribution in [2.75, 3.05) is 0 Å². The van der Waals surface area contributed by atoms with Crippen LogP contribution in [0.4, 0.5) is 0 Å². The zero-order valence-electron chi connectivity index (χ0n) is 39.3. The van der Waals surface area contributed by atoms with Crippen LogP contribution in [-0.4, -0.2) is 9.97 Å². The maximum atomic E-state index is 4.79. The van der Waals surface area contributed by atoms with Crippen LogP contribution in [0.1, 0.15) is 0 Å². The van der Waals surface area contributed by atoms with Crippen LogP contribution >= 0.6 is 68.0 Å². The number of hydrogen-bond acceptors (Lipinski definition) is 8. The first-order valence-electron chi connectivity index (χ1n) is 24.4. The molecule has 8 aromatic heterocycles. The van der Waals surface area contributed by atoms with Gasteiger partial charge in [-0.1, -0.05) is 164 Å². The second kappa shape index (κ2) is 18.1. The topological polar surface area (TPSA) is 25.8 Å². The Balaban J connectivity index is 0.000000136. The molecule has 8 aromatic carbocycles. The monoisotopic (exact) mass is 1050 g/mol. The molecule has 0 atom stereocenters. The first-order chi connectivity index (χ1) is 36.7. The summed E-state index contributed by atoms with van der Waals surface area (Å²) in [5, 5.41) is 24.4. The maximum absolute atomic E-state index is 4.79. The van der Waals surface area contributed by atoms with E-state index < -0.39 is 0 Å². The minimum atomic E-state index is 1.08. The lowest BCUT2D eigenvalue weighted by molar-refractivity contribution is 1.42. The molecule has 16 aromatic rings. The third-order valence-electron chi connectivity index (χ3n) is 14.2. The standard InChI is InChI=1S/C38H22S4.C28H16N2S2/c1-3-14-27-25(10-1)21-39-35(27)37-31-18-7-5-16-29(31)33(41-37)23-12-9-13-24(20-23)34-30-17-6-8-19-32(30)38(42-34)36-28-15-4-2-11-26(28)22-40-36;1-2-18(24-14-22-8-6-20-10-12-32-28(20)26(22)30-16-24)4-3-17(1)23-13-21-7-5-19-9-11-31-27(19)25(21)29-15-23/h1-22H;1-16H. The van der Waals surface area contributed by atoms with Crippen LogP contribution in [0.25, 0.3) is 148 Å². The van der Waals surface area contributed by atoms with Crippen LogP contribution in [0.15, 0.2) is 228 Å². The third kappa shape index (κ3) is 7.43. The minimum Gasteiger partial charge on any atom is -0.254 e. The van der Waals surface area contributed by atoms with E-state index in [0.717, 1.165) is 22.2 Å². The van der Waals surface area contributed by atoms with Gasteiger partial charge in [0.1, 0.15) is 0 Å². The van der Waals surface area contributed by atoms with E-state index in [-0.39, 0.29) is 0 Å². The number of nitrogens with zero attached hydrogens (tertiary/aromatic N) is 2. The Labute approximate surface area is 450 Å². The highest BCUT2D eigenvalue weighted by Gasteiger charge is 2.21. The largest absolute Gasteiger partial charge is 0.254 e. The number of aromatic nitrogens is 2. The number of hydrogen-bond donors (Lipinski definition) is 0.